The standard InChI is InChI=1S/C10H19N3/c1-5-13-9(7-11-4)6-10(12-13)8(2)3/h6,8,11H,5,7H2,1-4H3. The lowest BCUT2D eigenvalue weighted by Gasteiger charge is -2.02. The smallest absolute Gasteiger partial charge is 0.0653 e. The van der Waals surface area contributed by atoms with E-state index in [1.165, 1.54) is 11.4 Å². The normalized spacial score (nSPS) is 11.2. The Morgan fingerprint density at radius 2 is 2.23 bits per heavy atom. The molecule has 74 valence electrons. The number of aromatic nitrogens is 2. The van der Waals surface area contributed by atoms with E-state index in [0.29, 0.717) is 5.92 Å². The van der Waals surface area contributed by atoms with Crippen LogP contribution in [-0.2, 0) is 13.1 Å². The molecular weight excluding hydrogens is 162 g/mol. The largest absolute Gasteiger partial charge is 0.314 e. The van der Waals surface area contributed by atoms with Crippen molar-refractivity contribution in [3.8, 4) is 0 Å². The molecule has 1 rings (SSSR count). The van der Waals surface area contributed by atoms with Crippen molar-refractivity contribution in [1.82, 2.24) is 15.1 Å². The molecule has 3 nitrogen and oxygen atoms in total. The summed E-state index contributed by atoms with van der Waals surface area (Å²) in [6.45, 7) is 8.31. The quantitative estimate of drug-likeness (QED) is 0.767. The molecule has 0 aliphatic rings. The molecule has 0 spiro atoms. The summed E-state index contributed by atoms with van der Waals surface area (Å²) in [7, 11) is 1.96. The summed E-state index contributed by atoms with van der Waals surface area (Å²) in [5.41, 5.74) is 2.46. The van der Waals surface area contributed by atoms with Crippen LogP contribution in [0, 0.1) is 0 Å². The predicted molar refractivity (Wildman–Crippen MR) is 54.8 cm³/mol. The molecule has 0 aliphatic heterocycles. The number of rotatable bonds is 4. The zero-order chi connectivity index (χ0) is 9.84. The van der Waals surface area contributed by atoms with Crippen LogP contribution in [0.5, 0.6) is 0 Å². The van der Waals surface area contributed by atoms with Gasteiger partial charge in [0.15, 0.2) is 0 Å². The van der Waals surface area contributed by atoms with Crippen molar-refractivity contribution in [2.75, 3.05) is 7.05 Å². The molecule has 1 aromatic heterocycles. The molecule has 0 saturated heterocycles. The van der Waals surface area contributed by atoms with Crippen LogP contribution in [0.2, 0.25) is 0 Å². The van der Waals surface area contributed by atoms with Gasteiger partial charge in [-0.15, -0.1) is 0 Å². The first-order valence-corrected chi connectivity index (χ1v) is 4.90. The SMILES string of the molecule is CCn1nc(C(C)C)cc1CNC. The van der Waals surface area contributed by atoms with E-state index >= 15 is 0 Å². The van der Waals surface area contributed by atoms with Crippen LogP contribution >= 0.6 is 0 Å². The summed E-state index contributed by atoms with van der Waals surface area (Å²) >= 11 is 0. The molecule has 1 aromatic rings. The number of nitrogens with one attached hydrogen (secondary N) is 1. The van der Waals surface area contributed by atoms with Crippen molar-refractivity contribution in [2.24, 2.45) is 0 Å². The second kappa shape index (κ2) is 4.42. The van der Waals surface area contributed by atoms with Crippen molar-refractivity contribution in [3.05, 3.63) is 17.5 Å². The van der Waals surface area contributed by atoms with Crippen LogP contribution in [-0.4, -0.2) is 16.8 Å². The molecule has 3 heteroatoms. The Labute approximate surface area is 80.1 Å². The molecule has 1 N–H and O–H groups in total. The monoisotopic (exact) mass is 181 g/mol. The highest BCUT2D eigenvalue weighted by Crippen LogP contribution is 2.14. The lowest BCUT2D eigenvalue weighted by atomic mass is 10.1. The van der Waals surface area contributed by atoms with Gasteiger partial charge >= 0.3 is 0 Å². The Kier molecular flexibility index (Phi) is 3.48. The lowest BCUT2D eigenvalue weighted by molar-refractivity contribution is 0.591. The zero-order valence-electron chi connectivity index (χ0n) is 8.96. The van der Waals surface area contributed by atoms with Gasteiger partial charge < -0.3 is 5.32 Å². The molecule has 0 fully saturated rings. The van der Waals surface area contributed by atoms with E-state index in [1.54, 1.807) is 0 Å². The summed E-state index contributed by atoms with van der Waals surface area (Å²) < 4.78 is 2.06. The molecule has 0 unspecified atom stereocenters. The molecule has 0 atom stereocenters. The molecule has 0 radical (unpaired) electrons. The van der Waals surface area contributed by atoms with E-state index in [2.05, 4.69) is 41.9 Å². The number of hydrogen-bond donors (Lipinski definition) is 1. The summed E-state index contributed by atoms with van der Waals surface area (Å²) in [6.07, 6.45) is 0. The van der Waals surface area contributed by atoms with Gasteiger partial charge in [-0.05, 0) is 26.0 Å². The molecule has 0 aliphatic carbocycles. The first-order valence-electron chi connectivity index (χ1n) is 4.90. The Morgan fingerprint density at radius 3 is 2.69 bits per heavy atom. The number of aryl methyl sites for hydroxylation is 1. The highest BCUT2D eigenvalue weighted by atomic mass is 15.3. The van der Waals surface area contributed by atoms with Crippen LogP contribution < -0.4 is 5.32 Å². The van der Waals surface area contributed by atoms with Crippen LogP contribution in [0.15, 0.2) is 6.07 Å². The average molecular weight is 181 g/mol. The first-order chi connectivity index (χ1) is 6.19. The van der Waals surface area contributed by atoms with E-state index in [0.717, 1.165) is 13.1 Å². The maximum atomic E-state index is 4.52. The van der Waals surface area contributed by atoms with Crippen molar-refractivity contribution < 1.29 is 0 Å². The van der Waals surface area contributed by atoms with Gasteiger partial charge in [-0.2, -0.15) is 5.10 Å². The van der Waals surface area contributed by atoms with Crippen LogP contribution in [0.4, 0.5) is 0 Å². The number of hydrogen-bond acceptors (Lipinski definition) is 2. The number of nitrogens with zero attached hydrogens (tertiary/aromatic N) is 2. The third-order valence-electron chi connectivity index (χ3n) is 2.13. The minimum atomic E-state index is 0.517. The Balaban J connectivity index is 2.90. The molecule has 0 amide bonds. The van der Waals surface area contributed by atoms with E-state index in [4.69, 9.17) is 0 Å². The predicted octanol–water partition coefficient (Wildman–Crippen LogP) is 1.75. The minimum absolute atomic E-state index is 0.517. The topological polar surface area (TPSA) is 29.9 Å². The van der Waals surface area contributed by atoms with Gasteiger partial charge in [0.2, 0.25) is 0 Å². The van der Waals surface area contributed by atoms with Crippen LogP contribution in [0.25, 0.3) is 0 Å². The average Bonchev–Trinajstić information content (AvgIpc) is 2.48. The van der Waals surface area contributed by atoms with Gasteiger partial charge in [0.25, 0.3) is 0 Å². The first kappa shape index (κ1) is 10.3. The fourth-order valence-corrected chi connectivity index (χ4v) is 1.36. The van der Waals surface area contributed by atoms with E-state index in [1.807, 2.05) is 7.05 Å². The molecule has 0 saturated carbocycles. The summed E-state index contributed by atoms with van der Waals surface area (Å²) in [5.74, 6) is 0.517. The summed E-state index contributed by atoms with van der Waals surface area (Å²) in [6, 6.07) is 2.19. The molecule has 0 bridgehead atoms. The van der Waals surface area contributed by atoms with E-state index < -0.39 is 0 Å². The van der Waals surface area contributed by atoms with Gasteiger partial charge in [-0.25, -0.2) is 0 Å². The molecular formula is C10H19N3. The minimum Gasteiger partial charge on any atom is -0.314 e. The van der Waals surface area contributed by atoms with Crippen molar-refractivity contribution >= 4 is 0 Å². The lowest BCUT2D eigenvalue weighted by Crippen LogP contribution is -2.11. The van der Waals surface area contributed by atoms with Crippen molar-refractivity contribution in [3.63, 3.8) is 0 Å². The molecule has 1 heterocycles. The highest BCUT2D eigenvalue weighted by Gasteiger charge is 2.08. The van der Waals surface area contributed by atoms with Crippen LogP contribution in [0.3, 0.4) is 0 Å². The van der Waals surface area contributed by atoms with Gasteiger partial charge in [0, 0.05) is 13.1 Å². The highest BCUT2D eigenvalue weighted by molar-refractivity contribution is 5.13. The van der Waals surface area contributed by atoms with Crippen molar-refractivity contribution in [2.45, 2.75) is 39.8 Å². The Morgan fingerprint density at radius 1 is 1.54 bits per heavy atom. The third kappa shape index (κ3) is 2.31. The maximum absolute atomic E-state index is 4.52. The summed E-state index contributed by atoms with van der Waals surface area (Å²) in [4.78, 5) is 0. The Bertz CT molecular complexity index is 263. The molecule has 0 aromatic carbocycles. The van der Waals surface area contributed by atoms with Gasteiger partial charge in [0.05, 0.1) is 11.4 Å². The second-order valence-electron chi connectivity index (χ2n) is 3.56. The van der Waals surface area contributed by atoms with Gasteiger partial charge in [0.1, 0.15) is 0 Å². The Hall–Kier alpha value is -0.830. The van der Waals surface area contributed by atoms with E-state index in [-0.39, 0.29) is 0 Å². The van der Waals surface area contributed by atoms with Gasteiger partial charge in [-0.1, -0.05) is 13.8 Å². The fourth-order valence-electron chi connectivity index (χ4n) is 1.36. The zero-order valence-corrected chi connectivity index (χ0v) is 8.96. The fraction of sp³-hybridized carbons (Fsp3) is 0.700. The molecule has 13 heavy (non-hydrogen) atoms. The van der Waals surface area contributed by atoms with Crippen LogP contribution in [0.1, 0.15) is 38.1 Å². The van der Waals surface area contributed by atoms with E-state index in [9.17, 15) is 0 Å². The second-order valence-corrected chi connectivity index (χ2v) is 3.56. The summed E-state index contributed by atoms with van der Waals surface area (Å²) in [5, 5.41) is 7.67. The van der Waals surface area contributed by atoms with Crippen molar-refractivity contribution in [1.29, 1.82) is 0 Å². The maximum Gasteiger partial charge on any atom is 0.0653 e. The third-order valence-corrected chi connectivity index (χ3v) is 2.13. The van der Waals surface area contributed by atoms with Gasteiger partial charge in [-0.3, -0.25) is 4.68 Å².